The summed E-state index contributed by atoms with van der Waals surface area (Å²) < 4.78 is 10.8. The van der Waals surface area contributed by atoms with Crippen LogP contribution in [-0.2, 0) is 19.1 Å². The van der Waals surface area contributed by atoms with E-state index in [2.05, 4.69) is 91.7 Å². The highest BCUT2D eigenvalue weighted by molar-refractivity contribution is 6.24. The van der Waals surface area contributed by atoms with E-state index in [0.717, 1.165) is 56.9 Å². The normalized spacial score (nSPS) is 31.8. The number of aliphatic hydroxyl groups is 2. The van der Waals surface area contributed by atoms with Gasteiger partial charge in [0.1, 0.15) is 6.04 Å². The highest BCUT2D eigenvalue weighted by Crippen LogP contribution is 2.65. The van der Waals surface area contributed by atoms with E-state index in [1.807, 2.05) is 52.0 Å². The lowest BCUT2D eigenvalue weighted by Crippen LogP contribution is -3.00. The second kappa shape index (κ2) is 27.2. The first-order valence-electron chi connectivity index (χ1n) is 27.0. The van der Waals surface area contributed by atoms with E-state index in [1.165, 1.54) is 31.6 Å². The van der Waals surface area contributed by atoms with Crippen molar-refractivity contribution in [3.05, 3.63) is 71.8 Å². The van der Waals surface area contributed by atoms with Crippen LogP contribution in [0.4, 0.5) is 0 Å². The summed E-state index contributed by atoms with van der Waals surface area (Å²) in [7, 11) is 0. The van der Waals surface area contributed by atoms with Gasteiger partial charge in [-0.15, -0.1) is 23.2 Å². The molecule has 8 fully saturated rings. The third kappa shape index (κ3) is 16.9. The van der Waals surface area contributed by atoms with Gasteiger partial charge in [-0.25, -0.2) is 0 Å². The van der Waals surface area contributed by atoms with Gasteiger partial charge < -0.3 is 43.3 Å². The van der Waals surface area contributed by atoms with Crippen molar-refractivity contribution in [2.45, 2.75) is 193 Å². The summed E-state index contributed by atoms with van der Waals surface area (Å²) in [5.41, 5.74) is 5.41. The molecule has 12 atom stereocenters. The van der Waals surface area contributed by atoms with Crippen molar-refractivity contribution >= 4 is 41.0 Å². The Morgan fingerprint density at radius 1 is 0.696 bits per heavy atom. The lowest BCUT2D eigenvalue weighted by Gasteiger charge is -2.63. The molecule has 0 aromatic heterocycles. The molecule has 8 aliphatic carbocycles. The number of benzene rings is 2. The van der Waals surface area contributed by atoms with Gasteiger partial charge in [-0.2, -0.15) is 0 Å². The maximum atomic E-state index is 12.6. The molecule has 9 nitrogen and oxygen atoms in total. The molecule has 2 unspecified atom stereocenters. The molecule has 0 heterocycles. The lowest BCUT2D eigenvalue weighted by molar-refractivity contribution is -0.459. The molecule has 2 aromatic rings. The third-order valence-electron chi connectivity index (χ3n) is 15.4. The van der Waals surface area contributed by atoms with Crippen LogP contribution in [0.3, 0.4) is 0 Å². The number of amides is 1. The summed E-state index contributed by atoms with van der Waals surface area (Å²) >= 11 is 13.6. The van der Waals surface area contributed by atoms with Gasteiger partial charge in [-0.3, -0.25) is 14.4 Å². The van der Waals surface area contributed by atoms with Gasteiger partial charge in [-0.1, -0.05) is 137 Å². The zero-order chi connectivity index (χ0) is 51.3. The van der Waals surface area contributed by atoms with E-state index in [0.29, 0.717) is 62.2 Å². The zero-order valence-corrected chi connectivity index (χ0v) is 46.2. The highest BCUT2D eigenvalue weighted by Gasteiger charge is 2.65. The lowest BCUT2D eigenvalue weighted by atomic mass is 9.47. The minimum absolute atomic E-state index is 0. The van der Waals surface area contributed by atoms with Crippen molar-refractivity contribution in [3.8, 4) is 0 Å². The number of ether oxygens (including phenoxy) is 1. The van der Waals surface area contributed by atoms with Gasteiger partial charge in [0.15, 0.2) is 0 Å². The SMILES string of the molecule is CC(C)CC(=O)N[C@@H](c1ccccc1)[C@H]1C2C[C@H]3C[C@](Cl)(C2)C[C@@]1(O)C3.CC(C)CC(=O)OC(=O)CC(C)C.CCN(CC)CC.[2H]CC.[Cl-].[NH3+][C@@H](c1ccccc1)[C@H]1C2C[C@H]3C[C@](Cl)(C2)C[C@@]1(O)C3. The Morgan fingerprint density at radius 2 is 1.09 bits per heavy atom. The van der Waals surface area contributed by atoms with Crippen LogP contribution in [0.1, 0.15) is 184 Å². The first-order valence-corrected chi connectivity index (χ1v) is 27.0. The molecule has 8 saturated carbocycles. The fourth-order valence-electron chi connectivity index (χ4n) is 13.5. The van der Waals surface area contributed by atoms with Crippen molar-refractivity contribution < 1.29 is 48.8 Å². The summed E-state index contributed by atoms with van der Waals surface area (Å²) in [5.74, 6) is 2.43. The molecule has 392 valence electrons. The Bertz CT molecular complexity index is 1870. The van der Waals surface area contributed by atoms with Crippen LogP contribution in [0.25, 0.3) is 0 Å². The number of hydrogen-bond acceptors (Lipinski definition) is 7. The molecule has 10 rings (SSSR count). The predicted octanol–water partition coefficient (Wildman–Crippen LogP) is 8.48. The second-order valence-electron chi connectivity index (χ2n) is 22.6. The van der Waals surface area contributed by atoms with Crippen LogP contribution in [-0.4, -0.2) is 73.5 Å². The molecule has 12 heteroatoms. The molecule has 0 radical (unpaired) electrons. The van der Waals surface area contributed by atoms with Crippen LogP contribution < -0.4 is 23.5 Å². The zero-order valence-electron chi connectivity index (χ0n) is 45.0. The molecule has 69 heavy (non-hydrogen) atoms. The van der Waals surface area contributed by atoms with Crippen molar-refractivity contribution in [2.24, 2.45) is 53.3 Å². The number of carbonyl (C=O) groups excluding carboxylic acids is 3. The second-order valence-corrected chi connectivity index (χ2v) is 24.2. The monoisotopic (exact) mass is 1020 g/mol. The van der Waals surface area contributed by atoms with Crippen molar-refractivity contribution in [2.75, 3.05) is 19.6 Å². The maximum Gasteiger partial charge on any atom is 0.313 e. The Balaban J connectivity index is 0.000000262. The molecule has 0 spiro atoms. The number of carbonyl (C=O) groups is 3. The number of halogens is 3. The van der Waals surface area contributed by atoms with Gasteiger partial charge in [0, 0.05) is 47.8 Å². The minimum atomic E-state index is -0.766. The van der Waals surface area contributed by atoms with E-state index in [9.17, 15) is 24.6 Å². The first kappa shape index (κ1) is 59.3. The standard InChI is InChI=1S/C22H30ClNO2.C17H22ClNO.C10H18O3.C6H15N.C2H6.ClH/c1-14(2)8-18(25)24-20(16-6-4-3-5-7-16)19-17-9-15-10-21(23,12-17)13-22(19,26)11-15;18-16-7-11-6-13(9-16)14(17(20,8-11)10-16)15(19)12-4-2-1-3-5-12;1-7(2)5-9(11)13-10(12)6-8(3)4;1-4-7(5-2)6-3;1-2;/h3-7,14-15,17,19-20,26H,8-13H2,1-2H3,(H,24,25);1-5,11,13-15,20H,6-10,19H2;7-8H,5-6H2,1-4H3;4-6H2,1-3H3;1-2H3;1H/t15-,17?,19+,20-,21-,22-;11-,13?,14+,15-,16-,17-;;;;/m00..../s1/i;;;;1D;. The number of hydrogen-bond donors (Lipinski definition) is 4. The topological polar surface area (TPSA) is 144 Å². The van der Waals surface area contributed by atoms with Crippen molar-refractivity contribution in [1.29, 1.82) is 0 Å². The Kier molecular flexibility index (Phi) is 23.4. The largest absolute Gasteiger partial charge is 1.00 e. The summed E-state index contributed by atoms with van der Waals surface area (Å²) in [6.07, 6.45) is 10.8. The summed E-state index contributed by atoms with van der Waals surface area (Å²) in [6, 6.07) is 20.7. The highest BCUT2D eigenvalue weighted by atomic mass is 35.5. The van der Waals surface area contributed by atoms with E-state index in [-0.39, 0.29) is 63.8 Å². The molecule has 0 saturated heterocycles. The minimum Gasteiger partial charge on any atom is -1.00 e. The number of rotatable bonds is 14. The molecule has 1 amide bonds. The van der Waals surface area contributed by atoms with Crippen LogP contribution >= 0.6 is 23.2 Å². The summed E-state index contributed by atoms with van der Waals surface area (Å²) in [5, 5.41) is 26.1. The van der Waals surface area contributed by atoms with Crippen molar-refractivity contribution in [1.82, 2.24) is 10.2 Å². The third-order valence-corrected chi connectivity index (χ3v) is 16.3. The fourth-order valence-corrected chi connectivity index (χ4v) is 14.8. The van der Waals surface area contributed by atoms with E-state index in [4.69, 9.17) is 24.6 Å². The van der Waals surface area contributed by atoms with E-state index in [1.54, 1.807) is 6.92 Å². The average Bonchev–Trinajstić information content (AvgIpc) is 3.22. The summed E-state index contributed by atoms with van der Waals surface area (Å²) in [4.78, 5) is 36.6. The molecular formula is C57H92Cl3N3O6. The number of esters is 2. The van der Waals surface area contributed by atoms with Crippen LogP contribution in [0.2, 0.25) is 0 Å². The fraction of sp³-hybridized carbons (Fsp3) is 0.737. The number of alkyl halides is 2. The van der Waals surface area contributed by atoms with E-state index >= 15 is 0 Å². The Hall–Kier alpha value is -2.24. The van der Waals surface area contributed by atoms with Gasteiger partial charge in [0.2, 0.25) is 5.91 Å². The smallest absolute Gasteiger partial charge is 0.313 e. The molecule has 8 bridgehead atoms. The maximum absolute atomic E-state index is 12.6. The quantitative estimate of drug-likeness (QED) is 0.0845. The van der Waals surface area contributed by atoms with Gasteiger partial charge >= 0.3 is 11.9 Å². The summed E-state index contributed by atoms with van der Waals surface area (Å²) in [6.45, 7) is 24.2. The van der Waals surface area contributed by atoms with Gasteiger partial charge in [0.05, 0.1) is 17.2 Å². The van der Waals surface area contributed by atoms with Gasteiger partial charge in [0.25, 0.3) is 0 Å². The molecular weight excluding hydrogens is 929 g/mol. The first-order chi connectivity index (χ1) is 32.4. The average molecular weight is 1020 g/mol. The van der Waals surface area contributed by atoms with Gasteiger partial charge in [-0.05, 0) is 131 Å². The van der Waals surface area contributed by atoms with Crippen molar-refractivity contribution in [3.63, 3.8) is 0 Å². The van der Waals surface area contributed by atoms with Crippen LogP contribution in [0.5, 0.6) is 0 Å². The number of nitrogens with one attached hydrogen (secondary N) is 1. The van der Waals surface area contributed by atoms with Crippen LogP contribution in [0.15, 0.2) is 60.7 Å². The molecule has 6 N–H and O–H groups in total. The Labute approximate surface area is 435 Å². The number of nitrogens with zero attached hydrogens (tertiary/aromatic N) is 1. The van der Waals surface area contributed by atoms with E-state index < -0.39 is 23.1 Å². The molecule has 0 aliphatic heterocycles. The Morgan fingerprint density at radius 3 is 1.43 bits per heavy atom. The molecule has 8 aliphatic rings. The molecule has 2 aromatic carbocycles. The number of quaternary nitrogens is 1. The van der Waals surface area contributed by atoms with Crippen LogP contribution in [0, 0.1) is 53.3 Å². The predicted molar refractivity (Wildman–Crippen MR) is 278 cm³/mol.